The van der Waals surface area contributed by atoms with Crippen LogP contribution in [0.3, 0.4) is 0 Å². The van der Waals surface area contributed by atoms with Crippen molar-refractivity contribution in [3.8, 4) is 0 Å². The minimum atomic E-state index is 0.670. The van der Waals surface area contributed by atoms with E-state index in [-0.39, 0.29) is 0 Å². The quantitative estimate of drug-likeness (QED) is 0.453. The van der Waals surface area contributed by atoms with Crippen LogP contribution in [0.4, 0.5) is 0 Å². The van der Waals surface area contributed by atoms with Crippen molar-refractivity contribution < 1.29 is 0 Å². The predicted octanol–water partition coefficient (Wildman–Crippen LogP) is 1.41. The van der Waals surface area contributed by atoms with Crippen LogP contribution in [0.2, 0.25) is 0 Å². The molecule has 0 aromatic heterocycles. The molecule has 0 rings (SSSR count). The molecule has 2 nitrogen and oxygen atoms in total. The van der Waals surface area contributed by atoms with Crippen LogP contribution in [-0.4, -0.2) is 12.4 Å². The topological polar surface area (TPSA) is 38.4 Å². The van der Waals surface area contributed by atoms with Crippen LogP contribution in [0.5, 0.6) is 0 Å². The molecule has 0 bridgehead atoms. The van der Waals surface area contributed by atoms with Crippen LogP contribution in [0.1, 0.15) is 27.2 Å². The first kappa shape index (κ1) is 8.47. The molecular weight excluding hydrogens is 112 g/mol. The maximum Gasteiger partial charge on any atom is 0.0905 e. The van der Waals surface area contributed by atoms with E-state index in [1.165, 1.54) is 6.42 Å². The van der Waals surface area contributed by atoms with Gasteiger partial charge in [0.1, 0.15) is 0 Å². The third kappa shape index (κ3) is 5.34. The van der Waals surface area contributed by atoms with Crippen LogP contribution in [0, 0.1) is 5.92 Å². The first-order chi connectivity index (χ1) is 4.16. The van der Waals surface area contributed by atoms with E-state index < -0.39 is 0 Å². The molecule has 0 unspecified atom stereocenters. The molecule has 2 heteroatoms. The van der Waals surface area contributed by atoms with Crippen molar-refractivity contribution in [2.45, 2.75) is 27.2 Å². The van der Waals surface area contributed by atoms with E-state index in [1.807, 2.05) is 6.92 Å². The molecule has 0 radical (unpaired) electrons. The summed E-state index contributed by atoms with van der Waals surface area (Å²) in [6.07, 6.45) is 1.18. The largest absolute Gasteiger partial charge is 0.388 e. The molecule has 1 atom stereocenters. The molecule has 0 heterocycles. The molecule has 0 saturated heterocycles. The van der Waals surface area contributed by atoms with Crippen molar-refractivity contribution in [3.05, 3.63) is 0 Å². The molecule has 0 fully saturated rings. The van der Waals surface area contributed by atoms with E-state index in [0.717, 1.165) is 6.54 Å². The van der Waals surface area contributed by atoms with Gasteiger partial charge in [0.15, 0.2) is 0 Å². The summed E-state index contributed by atoms with van der Waals surface area (Å²) in [5, 5.41) is 0. The first-order valence-corrected chi connectivity index (χ1v) is 3.43. The van der Waals surface area contributed by atoms with Gasteiger partial charge in [0.2, 0.25) is 0 Å². The first-order valence-electron chi connectivity index (χ1n) is 3.43. The van der Waals surface area contributed by atoms with Crippen molar-refractivity contribution in [2.75, 3.05) is 6.54 Å². The van der Waals surface area contributed by atoms with Gasteiger partial charge in [0.25, 0.3) is 0 Å². The Morgan fingerprint density at radius 1 is 1.67 bits per heavy atom. The summed E-state index contributed by atoms with van der Waals surface area (Å²) in [5.74, 6) is 1.36. The smallest absolute Gasteiger partial charge is 0.0905 e. The Labute approximate surface area is 57.2 Å². The minimum absolute atomic E-state index is 0.670. The highest BCUT2D eigenvalue weighted by molar-refractivity contribution is 5.77. The maximum absolute atomic E-state index is 5.35. The number of nitrogens with zero attached hydrogens (tertiary/aromatic N) is 1. The maximum atomic E-state index is 5.35. The molecule has 2 N–H and O–H groups in total. The summed E-state index contributed by atoms with van der Waals surface area (Å²) in [6, 6.07) is 0. The molecule has 0 saturated carbocycles. The van der Waals surface area contributed by atoms with Gasteiger partial charge in [0, 0.05) is 6.54 Å². The Hall–Kier alpha value is -0.530. The lowest BCUT2D eigenvalue weighted by atomic mass is 10.1. The summed E-state index contributed by atoms with van der Waals surface area (Å²) in [7, 11) is 0. The van der Waals surface area contributed by atoms with Crippen molar-refractivity contribution in [2.24, 2.45) is 16.6 Å². The Morgan fingerprint density at radius 3 is 2.56 bits per heavy atom. The molecular formula is C7H16N2. The Kier molecular flexibility index (Phi) is 4.10. The number of nitrogens with two attached hydrogens (primary N) is 1. The third-order valence-corrected chi connectivity index (χ3v) is 1.35. The van der Waals surface area contributed by atoms with Crippen molar-refractivity contribution >= 4 is 5.84 Å². The number of aliphatic imine (C=N–C) groups is 1. The van der Waals surface area contributed by atoms with Crippen LogP contribution < -0.4 is 5.73 Å². The summed E-state index contributed by atoms with van der Waals surface area (Å²) < 4.78 is 0. The SMILES string of the molecule is CC[C@@H](C)CN=C(C)N. The molecule has 0 aliphatic carbocycles. The van der Waals surface area contributed by atoms with E-state index in [2.05, 4.69) is 18.8 Å². The minimum Gasteiger partial charge on any atom is -0.388 e. The van der Waals surface area contributed by atoms with Crippen molar-refractivity contribution in [1.82, 2.24) is 0 Å². The van der Waals surface area contributed by atoms with E-state index in [0.29, 0.717) is 11.8 Å². The fourth-order valence-corrected chi connectivity index (χ4v) is 0.429. The molecule has 0 aliphatic heterocycles. The second-order valence-electron chi connectivity index (χ2n) is 2.50. The van der Waals surface area contributed by atoms with Gasteiger partial charge in [-0.2, -0.15) is 0 Å². The van der Waals surface area contributed by atoms with Gasteiger partial charge in [-0.25, -0.2) is 0 Å². The number of rotatable bonds is 3. The molecule has 54 valence electrons. The number of amidine groups is 1. The Morgan fingerprint density at radius 2 is 2.22 bits per heavy atom. The van der Waals surface area contributed by atoms with Crippen LogP contribution in [0.25, 0.3) is 0 Å². The third-order valence-electron chi connectivity index (χ3n) is 1.35. The monoisotopic (exact) mass is 128 g/mol. The van der Waals surface area contributed by atoms with Gasteiger partial charge in [0.05, 0.1) is 5.84 Å². The Balaban J connectivity index is 3.37. The van der Waals surface area contributed by atoms with Crippen molar-refractivity contribution in [1.29, 1.82) is 0 Å². The molecule has 0 aromatic rings. The average Bonchev–Trinajstić information content (AvgIpc) is 1.83. The lowest BCUT2D eigenvalue weighted by molar-refractivity contribution is 0.576. The normalized spacial score (nSPS) is 15.7. The Bertz CT molecular complexity index is 93.1. The van der Waals surface area contributed by atoms with Gasteiger partial charge >= 0.3 is 0 Å². The van der Waals surface area contributed by atoms with Gasteiger partial charge < -0.3 is 5.73 Å². The highest BCUT2D eigenvalue weighted by Crippen LogP contribution is 1.99. The van der Waals surface area contributed by atoms with Gasteiger partial charge in [-0.3, -0.25) is 4.99 Å². The highest BCUT2D eigenvalue weighted by atomic mass is 14.8. The zero-order valence-corrected chi connectivity index (χ0v) is 6.52. The fourth-order valence-electron chi connectivity index (χ4n) is 0.429. The van der Waals surface area contributed by atoms with E-state index in [1.54, 1.807) is 0 Å². The van der Waals surface area contributed by atoms with E-state index >= 15 is 0 Å². The molecule has 9 heavy (non-hydrogen) atoms. The van der Waals surface area contributed by atoms with Crippen LogP contribution in [0.15, 0.2) is 4.99 Å². The standard InChI is InChI=1S/C7H16N2/c1-4-6(2)5-9-7(3)8/h6H,4-5H2,1-3H3,(H2,8,9)/t6-/m1/s1. The van der Waals surface area contributed by atoms with Gasteiger partial charge in [-0.05, 0) is 12.8 Å². The van der Waals surface area contributed by atoms with Crippen molar-refractivity contribution in [3.63, 3.8) is 0 Å². The zero-order chi connectivity index (χ0) is 7.28. The van der Waals surface area contributed by atoms with Crippen LogP contribution in [-0.2, 0) is 0 Å². The average molecular weight is 128 g/mol. The zero-order valence-electron chi connectivity index (χ0n) is 6.52. The summed E-state index contributed by atoms with van der Waals surface area (Å²) in [4.78, 5) is 4.09. The summed E-state index contributed by atoms with van der Waals surface area (Å²) >= 11 is 0. The second kappa shape index (κ2) is 4.36. The lowest BCUT2D eigenvalue weighted by Gasteiger charge is -2.02. The fraction of sp³-hybridized carbons (Fsp3) is 0.857. The lowest BCUT2D eigenvalue weighted by Crippen LogP contribution is -2.08. The van der Waals surface area contributed by atoms with Crippen LogP contribution >= 0.6 is 0 Å². The van der Waals surface area contributed by atoms with E-state index in [4.69, 9.17) is 5.73 Å². The van der Waals surface area contributed by atoms with Gasteiger partial charge in [-0.1, -0.05) is 20.3 Å². The molecule has 0 spiro atoms. The molecule has 0 amide bonds. The number of hydrogen-bond acceptors (Lipinski definition) is 1. The highest BCUT2D eigenvalue weighted by Gasteiger charge is 1.94. The molecule has 0 aliphatic rings. The summed E-state index contributed by atoms with van der Waals surface area (Å²) in [5.41, 5.74) is 5.35. The van der Waals surface area contributed by atoms with Gasteiger partial charge in [-0.15, -0.1) is 0 Å². The molecule has 0 aromatic carbocycles. The van der Waals surface area contributed by atoms with E-state index in [9.17, 15) is 0 Å². The number of hydrogen-bond donors (Lipinski definition) is 1. The summed E-state index contributed by atoms with van der Waals surface area (Å²) in [6.45, 7) is 7.03. The predicted molar refractivity (Wildman–Crippen MR) is 41.6 cm³/mol. The second-order valence-corrected chi connectivity index (χ2v) is 2.50.